The van der Waals surface area contributed by atoms with Crippen molar-refractivity contribution in [2.75, 3.05) is 13.1 Å². The number of carbonyl (C=O) groups excluding carboxylic acids is 5. The molecular formula is C28H37N7O8. The van der Waals surface area contributed by atoms with E-state index < -0.39 is 65.7 Å². The SMILES string of the molecule is CC(C)C[C@H](NC(=O)[C@H](Cc1ccc([N+](=O)[O-])cc1)NC(=O)CNC(=O)CNC(=O)[C@@H](N)Cc1ccc(O)cc1)C(N)=O. The van der Waals surface area contributed by atoms with Gasteiger partial charge in [0.1, 0.15) is 17.8 Å². The third-order valence-electron chi connectivity index (χ3n) is 6.20. The molecule has 0 aliphatic carbocycles. The molecule has 0 radical (unpaired) electrons. The maximum atomic E-state index is 13.1. The first-order chi connectivity index (χ1) is 20.2. The number of benzene rings is 2. The predicted molar refractivity (Wildman–Crippen MR) is 155 cm³/mol. The Hall–Kier alpha value is -5.05. The lowest BCUT2D eigenvalue weighted by molar-refractivity contribution is -0.384. The Bertz CT molecular complexity index is 1300. The first-order valence-corrected chi connectivity index (χ1v) is 13.5. The smallest absolute Gasteiger partial charge is 0.269 e. The molecule has 9 N–H and O–H groups in total. The zero-order chi connectivity index (χ0) is 32.1. The number of primary amides is 1. The Morgan fingerprint density at radius 3 is 1.93 bits per heavy atom. The topological polar surface area (TPSA) is 249 Å². The maximum absolute atomic E-state index is 13.1. The molecule has 15 heteroatoms. The molecule has 0 heterocycles. The van der Waals surface area contributed by atoms with Crippen LogP contribution in [0.1, 0.15) is 31.4 Å². The average Bonchev–Trinajstić information content (AvgIpc) is 2.95. The summed E-state index contributed by atoms with van der Waals surface area (Å²) in [6, 6.07) is 8.35. The van der Waals surface area contributed by atoms with Crippen molar-refractivity contribution in [1.29, 1.82) is 0 Å². The van der Waals surface area contributed by atoms with Gasteiger partial charge in [-0.15, -0.1) is 0 Å². The van der Waals surface area contributed by atoms with Crippen molar-refractivity contribution in [1.82, 2.24) is 21.3 Å². The number of phenols is 1. The molecule has 0 aliphatic rings. The zero-order valence-corrected chi connectivity index (χ0v) is 23.9. The molecule has 0 spiro atoms. The predicted octanol–water partition coefficient (Wildman–Crippen LogP) is -0.854. The fraction of sp³-hybridized carbons (Fsp3) is 0.393. The second-order valence-electron chi connectivity index (χ2n) is 10.3. The summed E-state index contributed by atoms with van der Waals surface area (Å²) in [5, 5.41) is 30.0. The zero-order valence-electron chi connectivity index (χ0n) is 23.9. The van der Waals surface area contributed by atoms with E-state index in [0.717, 1.165) is 0 Å². The minimum Gasteiger partial charge on any atom is -0.508 e. The number of nitro groups is 1. The Morgan fingerprint density at radius 1 is 0.814 bits per heavy atom. The van der Waals surface area contributed by atoms with Gasteiger partial charge in [0.05, 0.1) is 24.1 Å². The molecule has 0 bridgehead atoms. The van der Waals surface area contributed by atoms with E-state index in [1.165, 1.54) is 36.4 Å². The molecule has 15 nitrogen and oxygen atoms in total. The van der Waals surface area contributed by atoms with Crippen LogP contribution in [0.4, 0.5) is 5.69 Å². The minimum absolute atomic E-state index is 0.0265. The van der Waals surface area contributed by atoms with E-state index in [4.69, 9.17) is 11.5 Å². The van der Waals surface area contributed by atoms with Crippen molar-refractivity contribution in [3.8, 4) is 5.75 Å². The summed E-state index contributed by atoms with van der Waals surface area (Å²) in [5.41, 5.74) is 12.3. The van der Waals surface area contributed by atoms with Crippen molar-refractivity contribution in [3.63, 3.8) is 0 Å². The van der Waals surface area contributed by atoms with Crippen LogP contribution in [0.15, 0.2) is 48.5 Å². The number of nitrogens with one attached hydrogen (secondary N) is 4. The van der Waals surface area contributed by atoms with Gasteiger partial charge in [-0.1, -0.05) is 38.1 Å². The number of aromatic hydroxyl groups is 1. The summed E-state index contributed by atoms with van der Waals surface area (Å²) in [4.78, 5) is 72.5. The lowest BCUT2D eigenvalue weighted by atomic mass is 10.0. The van der Waals surface area contributed by atoms with E-state index in [0.29, 0.717) is 11.1 Å². The van der Waals surface area contributed by atoms with E-state index in [1.54, 1.807) is 12.1 Å². The number of non-ortho nitro benzene ring substituents is 1. The molecule has 2 rings (SSSR count). The van der Waals surface area contributed by atoms with Gasteiger partial charge in [-0.3, -0.25) is 34.1 Å². The molecule has 0 saturated carbocycles. The molecule has 232 valence electrons. The first-order valence-electron chi connectivity index (χ1n) is 13.5. The molecule has 0 aliphatic heterocycles. The summed E-state index contributed by atoms with van der Waals surface area (Å²) < 4.78 is 0. The highest BCUT2D eigenvalue weighted by atomic mass is 16.6. The lowest BCUT2D eigenvalue weighted by Gasteiger charge is -2.23. The van der Waals surface area contributed by atoms with E-state index in [2.05, 4.69) is 21.3 Å². The highest BCUT2D eigenvalue weighted by Crippen LogP contribution is 2.14. The van der Waals surface area contributed by atoms with Gasteiger partial charge >= 0.3 is 0 Å². The standard InChI is InChI=1S/C28H37N7O8/c1-16(2)11-22(26(30)39)34-28(41)23(13-18-3-7-19(8-4-18)35(42)43)33-25(38)15-31-24(37)14-32-27(40)21(29)12-17-5-9-20(36)10-6-17/h3-10,16,21-23,36H,11-15,29H2,1-2H3,(H2,30,39)(H,31,37)(H,32,40)(H,33,38)(H,34,41)/t21-,22-,23-/m0/s1. The largest absolute Gasteiger partial charge is 0.508 e. The highest BCUT2D eigenvalue weighted by molar-refractivity contribution is 5.93. The first kappa shape index (κ1) is 34.2. The van der Waals surface area contributed by atoms with Gasteiger partial charge in [-0.05, 0) is 42.0 Å². The number of nitrogens with zero attached hydrogens (tertiary/aromatic N) is 1. The van der Waals surface area contributed by atoms with E-state index in [-0.39, 0.29) is 36.6 Å². The summed E-state index contributed by atoms with van der Waals surface area (Å²) in [6.07, 6.45) is 0.355. The summed E-state index contributed by atoms with van der Waals surface area (Å²) >= 11 is 0. The molecule has 0 saturated heterocycles. The van der Waals surface area contributed by atoms with Gasteiger partial charge in [0.2, 0.25) is 29.5 Å². The molecular weight excluding hydrogens is 562 g/mol. The van der Waals surface area contributed by atoms with Crippen LogP contribution in [0.2, 0.25) is 0 Å². The molecule has 0 aromatic heterocycles. The summed E-state index contributed by atoms with van der Waals surface area (Å²) in [7, 11) is 0. The van der Waals surface area contributed by atoms with Crippen molar-refractivity contribution in [2.45, 2.75) is 51.2 Å². The van der Waals surface area contributed by atoms with Crippen molar-refractivity contribution < 1.29 is 34.0 Å². The summed E-state index contributed by atoms with van der Waals surface area (Å²) in [5.74, 6) is -3.40. The Kier molecular flexibility index (Phi) is 13.0. The third kappa shape index (κ3) is 12.1. The molecule has 5 amide bonds. The number of hydrogen-bond acceptors (Lipinski definition) is 9. The maximum Gasteiger partial charge on any atom is 0.269 e. The number of amides is 5. The van der Waals surface area contributed by atoms with Crippen LogP contribution in [-0.4, -0.2) is 70.8 Å². The van der Waals surface area contributed by atoms with Gasteiger partial charge in [0, 0.05) is 18.6 Å². The highest BCUT2D eigenvalue weighted by Gasteiger charge is 2.27. The van der Waals surface area contributed by atoms with E-state index in [9.17, 15) is 39.2 Å². The normalized spacial score (nSPS) is 12.8. The van der Waals surface area contributed by atoms with E-state index >= 15 is 0 Å². The van der Waals surface area contributed by atoms with Crippen LogP contribution in [0.5, 0.6) is 5.75 Å². The fourth-order valence-corrected chi connectivity index (χ4v) is 3.95. The van der Waals surface area contributed by atoms with Gasteiger partial charge in [-0.25, -0.2) is 0 Å². The quantitative estimate of drug-likeness (QED) is 0.0936. The van der Waals surface area contributed by atoms with Crippen LogP contribution < -0.4 is 32.7 Å². The Labute approximate surface area is 247 Å². The van der Waals surface area contributed by atoms with Crippen LogP contribution in [0, 0.1) is 16.0 Å². The number of nitro benzene ring substituents is 1. The molecule has 43 heavy (non-hydrogen) atoms. The average molecular weight is 600 g/mol. The molecule has 2 aromatic carbocycles. The number of rotatable bonds is 16. The second-order valence-corrected chi connectivity index (χ2v) is 10.3. The number of carbonyl (C=O) groups is 5. The van der Waals surface area contributed by atoms with Crippen LogP contribution in [0.3, 0.4) is 0 Å². The molecule has 3 atom stereocenters. The van der Waals surface area contributed by atoms with Crippen molar-refractivity contribution in [2.24, 2.45) is 17.4 Å². The molecule has 0 unspecified atom stereocenters. The van der Waals surface area contributed by atoms with Crippen molar-refractivity contribution in [3.05, 3.63) is 69.8 Å². The van der Waals surface area contributed by atoms with Crippen LogP contribution >= 0.6 is 0 Å². The number of nitrogens with two attached hydrogens (primary N) is 2. The van der Waals surface area contributed by atoms with Crippen LogP contribution in [-0.2, 0) is 36.8 Å². The van der Waals surface area contributed by atoms with Crippen molar-refractivity contribution >= 4 is 35.2 Å². The molecule has 0 fully saturated rings. The summed E-state index contributed by atoms with van der Waals surface area (Å²) in [6.45, 7) is 2.68. The van der Waals surface area contributed by atoms with Gasteiger partial charge in [0.25, 0.3) is 5.69 Å². The van der Waals surface area contributed by atoms with Gasteiger partial charge < -0.3 is 37.8 Å². The van der Waals surface area contributed by atoms with Gasteiger partial charge in [-0.2, -0.15) is 0 Å². The molecule has 2 aromatic rings. The number of hydrogen-bond donors (Lipinski definition) is 7. The van der Waals surface area contributed by atoms with Gasteiger partial charge in [0.15, 0.2) is 0 Å². The Balaban J connectivity index is 1.96. The van der Waals surface area contributed by atoms with E-state index in [1.807, 2.05) is 13.8 Å². The number of phenolic OH excluding ortho intramolecular Hbond substituents is 1. The third-order valence-corrected chi connectivity index (χ3v) is 6.20. The monoisotopic (exact) mass is 599 g/mol. The Morgan fingerprint density at radius 2 is 1.37 bits per heavy atom. The fourth-order valence-electron chi connectivity index (χ4n) is 3.95. The lowest BCUT2D eigenvalue weighted by Crippen LogP contribution is -2.55. The second kappa shape index (κ2) is 16.4. The minimum atomic E-state index is -1.21. The van der Waals surface area contributed by atoms with Crippen LogP contribution in [0.25, 0.3) is 0 Å².